The second kappa shape index (κ2) is 3.95. The molecule has 64 valence electrons. The van der Waals surface area contributed by atoms with Gasteiger partial charge in [0, 0.05) is 18.4 Å². The molecule has 3 nitrogen and oxygen atoms in total. The maximum absolute atomic E-state index is 10.5. The SMILES string of the molecule is O=C(O)N1CCCC(CBr)C1. The normalized spacial score (nSPS) is 25.2. The van der Waals surface area contributed by atoms with E-state index in [1.165, 1.54) is 4.90 Å². The summed E-state index contributed by atoms with van der Waals surface area (Å²) < 4.78 is 0. The fourth-order valence-corrected chi connectivity index (χ4v) is 1.89. The number of hydrogen-bond donors (Lipinski definition) is 1. The monoisotopic (exact) mass is 221 g/mol. The Morgan fingerprint density at radius 2 is 2.45 bits per heavy atom. The number of carbonyl (C=O) groups is 1. The number of nitrogens with zero attached hydrogens (tertiary/aromatic N) is 1. The smallest absolute Gasteiger partial charge is 0.407 e. The Morgan fingerprint density at radius 1 is 1.73 bits per heavy atom. The summed E-state index contributed by atoms with van der Waals surface area (Å²) in [6, 6.07) is 0. The van der Waals surface area contributed by atoms with E-state index in [-0.39, 0.29) is 0 Å². The minimum Gasteiger partial charge on any atom is -0.465 e. The number of halogens is 1. The molecule has 1 amide bonds. The lowest BCUT2D eigenvalue weighted by Gasteiger charge is -2.29. The van der Waals surface area contributed by atoms with Crippen LogP contribution < -0.4 is 0 Å². The van der Waals surface area contributed by atoms with Crippen molar-refractivity contribution in [2.45, 2.75) is 12.8 Å². The van der Waals surface area contributed by atoms with Gasteiger partial charge in [0.15, 0.2) is 0 Å². The Balaban J connectivity index is 2.39. The van der Waals surface area contributed by atoms with Crippen LogP contribution in [-0.2, 0) is 0 Å². The first-order valence-electron chi connectivity index (χ1n) is 3.78. The molecule has 1 atom stereocenters. The molecule has 1 saturated heterocycles. The second-order valence-corrected chi connectivity index (χ2v) is 3.54. The molecule has 0 bridgehead atoms. The third kappa shape index (κ3) is 2.36. The van der Waals surface area contributed by atoms with E-state index >= 15 is 0 Å². The highest BCUT2D eigenvalue weighted by Gasteiger charge is 2.21. The van der Waals surface area contributed by atoms with Crippen LogP contribution in [0.15, 0.2) is 0 Å². The van der Waals surface area contributed by atoms with E-state index in [4.69, 9.17) is 5.11 Å². The summed E-state index contributed by atoms with van der Waals surface area (Å²) in [6.45, 7) is 1.40. The van der Waals surface area contributed by atoms with Crippen LogP contribution >= 0.6 is 15.9 Å². The Bertz CT molecular complexity index is 151. The lowest BCUT2D eigenvalue weighted by atomic mass is 10.0. The molecule has 0 saturated carbocycles. The van der Waals surface area contributed by atoms with Crippen LogP contribution in [0.2, 0.25) is 0 Å². The van der Waals surface area contributed by atoms with Crippen molar-refractivity contribution < 1.29 is 9.90 Å². The van der Waals surface area contributed by atoms with Gasteiger partial charge in [-0.2, -0.15) is 0 Å². The lowest BCUT2D eigenvalue weighted by molar-refractivity contribution is 0.124. The Kier molecular flexibility index (Phi) is 3.17. The van der Waals surface area contributed by atoms with Crippen LogP contribution in [0, 0.1) is 5.92 Å². The van der Waals surface area contributed by atoms with E-state index in [0.29, 0.717) is 19.0 Å². The molecular weight excluding hydrogens is 210 g/mol. The molecule has 1 fully saturated rings. The predicted octanol–water partition coefficient (Wildman–Crippen LogP) is 1.77. The van der Waals surface area contributed by atoms with Crippen LogP contribution in [0.3, 0.4) is 0 Å². The van der Waals surface area contributed by atoms with Crippen molar-refractivity contribution in [1.29, 1.82) is 0 Å². The minimum atomic E-state index is -0.782. The first kappa shape index (κ1) is 8.84. The zero-order valence-electron chi connectivity index (χ0n) is 6.29. The van der Waals surface area contributed by atoms with E-state index in [0.717, 1.165) is 18.2 Å². The van der Waals surface area contributed by atoms with Crippen LogP contribution in [0.4, 0.5) is 4.79 Å². The lowest BCUT2D eigenvalue weighted by Crippen LogP contribution is -2.39. The van der Waals surface area contributed by atoms with Gasteiger partial charge in [-0.3, -0.25) is 0 Å². The number of rotatable bonds is 1. The number of alkyl halides is 1. The van der Waals surface area contributed by atoms with E-state index in [9.17, 15) is 4.79 Å². The van der Waals surface area contributed by atoms with Crippen molar-refractivity contribution in [2.24, 2.45) is 5.92 Å². The molecule has 1 aliphatic rings. The van der Waals surface area contributed by atoms with E-state index in [2.05, 4.69) is 15.9 Å². The van der Waals surface area contributed by atoms with Gasteiger partial charge in [-0.25, -0.2) is 4.79 Å². The molecule has 11 heavy (non-hydrogen) atoms. The van der Waals surface area contributed by atoms with Gasteiger partial charge in [-0.05, 0) is 18.8 Å². The summed E-state index contributed by atoms with van der Waals surface area (Å²) in [4.78, 5) is 12.0. The van der Waals surface area contributed by atoms with Gasteiger partial charge in [0.05, 0.1) is 0 Å². The van der Waals surface area contributed by atoms with Crippen LogP contribution in [-0.4, -0.2) is 34.5 Å². The first-order valence-corrected chi connectivity index (χ1v) is 4.90. The summed E-state index contributed by atoms with van der Waals surface area (Å²) in [6.07, 6.45) is 1.37. The number of piperidine rings is 1. The number of hydrogen-bond acceptors (Lipinski definition) is 1. The standard InChI is InChI=1S/C7H12BrNO2/c8-4-6-2-1-3-9(5-6)7(10)11/h6H,1-5H2,(H,10,11). The van der Waals surface area contributed by atoms with Gasteiger partial charge in [0.2, 0.25) is 0 Å². The number of likely N-dealkylation sites (tertiary alicyclic amines) is 1. The number of amides is 1. The van der Waals surface area contributed by atoms with Gasteiger partial charge >= 0.3 is 6.09 Å². The molecule has 0 radical (unpaired) electrons. The van der Waals surface area contributed by atoms with Gasteiger partial charge in [0.1, 0.15) is 0 Å². The summed E-state index contributed by atoms with van der Waals surface area (Å²) >= 11 is 3.37. The molecule has 0 aromatic heterocycles. The molecule has 0 spiro atoms. The largest absolute Gasteiger partial charge is 0.465 e. The fraction of sp³-hybridized carbons (Fsp3) is 0.857. The summed E-state index contributed by atoms with van der Waals surface area (Å²) in [5.41, 5.74) is 0. The molecule has 0 aromatic rings. The topological polar surface area (TPSA) is 40.5 Å². The van der Waals surface area contributed by atoms with Crippen LogP contribution in [0.1, 0.15) is 12.8 Å². The number of carboxylic acid groups (broad SMARTS) is 1. The average molecular weight is 222 g/mol. The highest BCUT2D eigenvalue weighted by atomic mass is 79.9. The Labute approximate surface area is 74.5 Å². The van der Waals surface area contributed by atoms with Crippen molar-refractivity contribution in [2.75, 3.05) is 18.4 Å². The maximum atomic E-state index is 10.5. The molecule has 0 aromatic carbocycles. The van der Waals surface area contributed by atoms with E-state index in [1.807, 2.05) is 0 Å². The van der Waals surface area contributed by atoms with Gasteiger partial charge < -0.3 is 10.0 Å². The maximum Gasteiger partial charge on any atom is 0.407 e. The third-order valence-corrected chi connectivity index (χ3v) is 2.92. The van der Waals surface area contributed by atoms with E-state index in [1.54, 1.807) is 0 Å². The fourth-order valence-electron chi connectivity index (χ4n) is 1.36. The molecule has 1 N–H and O–H groups in total. The van der Waals surface area contributed by atoms with Crippen molar-refractivity contribution in [1.82, 2.24) is 4.90 Å². The van der Waals surface area contributed by atoms with Gasteiger partial charge in [-0.1, -0.05) is 15.9 Å². The van der Waals surface area contributed by atoms with Gasteiger partial charge in [0.25, 0.3) is 0 Å². The Morgan fingerprint density at radius 3 is 3.00 bits per heavy atom. The quantitative estimate of drug-likeness (QED) is 0.687. The zero-order valence-corrected chi connectivity index (χ0v) is 7.88. The highest BCUT2D eigenvalue weighted by Crippen LogP contribution is 2.17. The summed E-state index contributed by atoms with van der Waals surface area (Å²) in [5.74, 6) is 0.514. The zero-order chi connectivity index (χ0) is 8.27. The molecular formula is C7H12BrNO2. The van der Waals surface area contributed by atoms with Crippen LogP contribution in [0.5, 0.6) is 0 Å². The molecule has 1 unspecified atom stereocenters. The van der Waals surface area contributed by atoms with Crippen LogP contribution in [0.25, 0.3) is 0 Å². The molecule has 0 aliphatic carbocycles. The third-order valence-electron chi connectivity index (χ3n) is 2.01. The van der Waals surface area contributed by atoms with Crippen molar-refractivity contribution in [3.05, 3.63) is 0 Å². The second-order valence-electron chi connectivity index (χ2n) is 2.89. The van der Waals surface area contributed by atoms with Crippen molar-refractivity contribution in [3.63, 3.8) is 0 Å². The van der Waals surface area contributed by atoms with Crippen molar-refractivity contribution in [3.8, 4) is 0 Å². The van der Waals surface area contributed by atoms with E-state index < -0.39 is 6.09 Å². The summed E-state index contributed by atoms with van der Waals surface area (Å²) in [7, 11) is 0. The van der Waals surface area contributed by atoms with Gasteiger partial charge in [-0.15, -0.1) is 0 Å². The molecule has 1 aliphatic heterocycles. The first-order chi connectivity index (χ1) is 5.24. The minimum absolute atomic E-state index is 0.514. The van der Waals surface area contributed by atoms with Crippen molar-refractivity contribution >= 4 is 22.0 Å². The highest BCUT2D eigenvalue weighted by molar-refractivity contribution is 9.09. The molecule has 4 heteroatoms. The predicted molar refractivity (Wildman–Crippen MR) is 46.1 cm³/mol. The summed E-state index contributed by atoms with van der Waals surface area (Å²) in [5, 5.41) is 9.58. The Hall–Kier alpha value is -0.250. The molecule has 1 heterocycles. The average Bonchev–Trinajstić information content (AvgIpc) is 2.05. The molecule has 1 rings (SSSR count).